The third-order valence-corrected chi connectivity index (χ3v) is 12.6. The van der Waals surface area contributed by atoms with Gasteiger partial charge >= 0.3 is 0 Å². The smallest absolute Gasteiger partial charge is 0.220 e. The predicted molar refractivity (Wildman–Crippen MR) is 252 cm³/mol. The summed E-state index contributed by atoms with van der Waals surface area (Å²) in [5.41, 5.74) is 0. The molecule has 1 amide bonds. The van der Waals surface area contributed by atoms with Gasteiger partial charge in [0.1, 0.15) is 5.78 Å². The Morgan fingerprint density at radius 2 is 0.561 bits per heavy atom. The van der Waals surface area contributed by atoms with Crippen molar-refractivity contribution < 1.29 is 14.7 Å². The first-order valence-corrected chi connectivity index (χ1v) is 26.6. The summed E-state index contributed by atoms with van der Waals surface area (Å²) in [6.45, 7) is 4.99. The highest BCUT2D eigenvalue weighted by Gasteiger charge is 2.07. The van der Waals surface area contributed by atoms with Crippen molar-refractivity contribution >= 4 is 11.7 Å². The molecule has 4 heteroatoms. The van der Waals surface area contributed by atoms with Crippen molar-refractivity contribution in [2.24, 2.45) is 0 Å². The second-order valence-corrected chi connectivity index (χ2v) is 18.5. The van der Waals surface area contributed by atoms with Crippen molar-refractivity contribution in [1.82, 2.24) is 5.32 Å². The monoisotopic (exact) mass is 804 g/mol. The third kappa shape index (κ3) is 49.4. The number of amides is 1. The van der Waals surface area contributed by atoms with Gasteiger partial charge in [-0.15, -0.1) is 0 Å². The van der Waals surface area contributed by atoms with Crippen LogP contribution in [0.2, 0.25) is 0 Å². The molecule has 0 heterocycles. The van der Waals surface area contributed by atoms with E-state index in [1.54, 1.807) is 0 Å². The van der Waals surface area contributed by atoms with Gasteiger partial charge in [0, 0.05) is 25.8 Å². The molecule has 340 valence electrons. The molecule has 0 unspecified atom stereocenters. The van der Waals surface area contributed by atoms with E-state index in [4.69, 9.17) is 0 Å². The van der Waals surface area contributed by atoms with Crippen molar-refractivity contribution in [1.29, 1.82) is 0 Å². The highest BCUT2D eigenvalue weighted by atomic mass is 16.3. The van der Waals surface area contributed by atoms with E-state index in [1.165, 1.54) is 244 Å². The third-order valence-electron chi connectivity index (χ3n) is 12.6. The zero-order valence-corrected chi connectivity index (χ0v) is 39.3. The molecule has 0 aromatic rings. The van der Waals surface area contributed by atoms with Crippen LogP contribution in [0, 0.1) is 0 Å². The molecule has 0 rings (SSSR count). The van der Waals surface area contributed by atoms with Gasteiger partial charge in [-0.3, -0.25) is 9.59 Å². The van der Waals surface area contributed by atoms with Gasteiger partial charge in [0.25, 0.3) is 0 Å². The van der Waals surface area contributed by atoms with Gasteiger partial charge in [0.2, 0.25) is 5.91 Å². The summed E-state index contributed by atoms with van der Waals surface area (Å²) in [6.07, 6.45) is 59.9. The molecule has 2 N–H and O–H groups in total. The minimum absolute atomic E-state index is 0.102. The summed E-state index contributed by atoms with van der Waals surface area (Å²) < 4.78 is 0. The first-order valence-electron chi connectivity index (χ1n) is 26.6. The summed E-state index contributed by atoms with van der Waals surface area (Å²) in [5, 5.41) is 13.2. The van der Waals surface area contributed by atoms with Gasteiger partial charge in [0.15, 0.2) is 0 Å². The molecule has 0 fully saturated rings. The zero-order chi connectivity index (χ0) is 41.4. The lowest BCUT2D eigenvalue weighted by molar-refractivity contribution is -0.121. The summed E-state index contributed by atoms with van der Waals surface area (Å²) in [4.78, 5) is 24.5. The quantitative estimate of drug-likeness (QED) is 0.0602. The Hall–Kier alpha value is -0.900. The van der Waals surface area contributed by atoms with Crippen molar-refractivity contribution in [3.8, 4) is 0 Å². The number of rotatable bonds is 50. The number of carbonyl (C=O) groups excluding carboxylic acids is 2. The fraction of sp³-hybridized carbons (Fsp3) is 0.962. The number of unbranched alkanes of at least 4 members (excludes halogenated alkanes) is 40. The van der Waals surface area contributed by atoms with Crippen molar-refractivity contribution in [3.05, 3.63) is 0 Å². The van der Waals surface area contributed by atoms with Crippen LogP contribution in [0.3, 0.4) is 0 Å². The molecule has 0 aromatic heterocycles. The van der Waals surface area contributed by atoms with Crippen molar-refractivity contribution in [2.75, 3.05) is 6.54 Å². The SMILES string of the molecule is CCCCCCCCCCCCCCCCCCCC(=O)CCCCCCCCCCCCCCC(=O)NC[C@@H](O)CCCCCCCCCCCCCCCC. The second-order valence-electron chi connectivity index (χ2n) is 18.5. The average Bonchev–Trinajstić information content (AvgIpc) is 3.21. The minimum atomic E-state index is -0.399. The lowest BCUT2D eigenvalue weighted by Crippen LogP contribution is -2.31. The molecule has 0 spiro atoms. The topological polar surface area (TPSA) is 66.4 Å². The second kappa shape index (κ2) is 49.5. The molecule has 0 aromatic carbocycles. The zero-order valence-electron chi connectivity index (χ0n) is 39.3. The Balaban J connectivity index is 3.28. The molecular formula is C53H105NO3. The van der Waals surface area contributed by atoms with Crippen LogP contribution in [0.1, 0.15) is 316 Å². The standard InChI is InChI=1S/C53H105NO3/c1-3-5-7-9-11-13-15-17-19-20-21-23-26-30-34-38-42-46-51(55)47-43-39-35-31-27-24-25-29-33-37-41-45-49-53(57)54-50-52(56)48-44-40-36-32-28-22-18-16-14-12-10-8-6-4-2/h52,56H,3-50H2,1-2H3,(H,54,57)/t52-/m0/s1. The summed E-state index contributed by atoms with van der Waals surface area (Å²) in [6, 6.07) is 0. The Morgan fingerprint density at radius 3 is 0.842 bits per heavy atom. The maximum atomic E-state index is 12.3. The normalized spacial score (nSPS) is 12.1. The molecule has 0 aliphatic rings. The molecule has 1 atom stereocenters. The highest BCUT2D eigenvalue weighted by Crippen LogP contribution is 2.17. The molecule has 4 nitrogen and oxygen atoms in total. The molecule has 0 aliphatic heterocycles. The predicted octanol–water partition coefficient (Wildman–Crippen LogP) is 17.4. The minimum Gasteiger partial charge on any atom is -0.391 e. The van der Waals surface area contributed by atoms with Crippen LogP contribution in [0.15, 0.2) is 0 Å². The summed E-state index contributed by atoms with van der Waals surface area (Å²) in [5.74, 6) is 0.603. The number of aliphatic hydroxyl groups is 1. The Bertz CT molecular complexity index is 784. The molecule has 0 saturated carbocycles. The van der Waals surface area contributed by atoms with E-state index < -0.39 is 6.10 Å². The molecule has 57 heavy (non-hydrogen) atoms. The van der Waals surface area contributed by atoms with E-state index in [-0.39, 0.29) is 5.91 Å². The Morgan fingerprint density at radius 1 is 0.333 bits per heavy atom. The Labute approximate surface area is 358 Å². The average molecular weight is 804 g/mol. The van der Waals surface area contributed by atoms with Gasteiger partial charge in [-0.25, -0.2) is 0 Å². The van der Waals surface area contributed by atoms with E-state index >= 15 is 0 Å². The van der Waals surface area contributed by atoms with Gasteiger partial charge in [0.05, 0.1) is 6.10 Å². The van der Waals surface area contributed by atoms with Crippen LogP contribution in [0.5, 0.6) is 0 Å². The van der Waals surface area contributed by atoms with E-state index in [9.17, 15) is 14.7 Å². The molecular weight excluding hydrogens is 699 g/mol. The number of Topliss-reactive ketones (excluding diaryl/α,β-unsaturated/α-hetero) is 1. The van der Waals surface area contributed by atoms with E-state index in [0.29, 0.717) is 18.7 Å². The lowest BCUT2D eigenvalue weighted by atomic mass is 10.0. The van der Waals surface area contributed by atoms with Crippen molar-refractivity contribution in [2.45, 2.75) is 322 Å². The number of aliphatic hydroxyl groups excluding tert-OH is 1. The number of nitrogens with one attached hydrogen (secondary N) is 1. The Kier molecular flexibility index (Phi) is 48.7. The molecule has 0 radical (unpaired) electrons. The van der Waals surface area contributed by atoms with Crippen LogP contribution in [-0.2, 0) is 9.59 Å². The number of carbonyl (C=O) groups is 2. The first kappa shape index (κ1) is 56.1. The molecule has 0 bridgehead atoms. The maximum Gasteiger partial charge on any atom is 0.220 e. The fourth-order valence-electron chi connectivity index (χ4n) is 8.54. The molecule has 0 aliphatic carbocycles. The van der Waals surface area contributed by atoms with Gasteiger partial charge in [-0.1, -0.05) is 271 Å². The van der Waals surface area contributed by atoms with Crippen LogP contribution >= 0.6 is 0 Å². The van der Waals surface area contributed by atoms with Gasteiger partial charge in [-0.2, -0.15) is 0 Å². The summed E-state index contributed by atoms with van der Waals surface area (Å²) >= 11 is 0. The van der Waals surface area contributed by atoms with Crippen LogP contribution in [-0.4, -0.2) is 29.4 Å². The number of hydrogen-bond donors (Lipinski definition) is 2. The van der Waals surface area contributed by atoms with Crippen molar-refractivity contribution in [3.63, 3.8) is 0 Å². The number of hydrogen-bond acceptors (Lipinski definition) is 3. The summed E-state index contributed by atoms with van der Waals surface area (Å²) in [7, 11) is 0. The maximum absolute atomic E-state index is 12.3. The molecule has 0 saturated heterocycles. The van der Waals surface area contributed by atoms with Crippen LogP contribution in [0.25, 0.3) is 0 Å². The van der Waals surface area contributed by atoms with E-state index in [2.05, 4.69) is 19.2 Å². The fourth-order valence-corrected chi connectivity index (χ4v) is 8.54. The van der Waals surface area contributed by atoms with E-state index in [1.807, 2.05) is 0 Å². The van der Waals surface area contributed by atoms with E-state index in [0.717, 1.165) is 51.4 Å². The van der Waals surface area contributed by atoms with Gasteiger partial charge < -0.3 is 10.4 Å². The number of ketones is 1. The van der Waals surface area contributed by atoms with Crippen LogP contribution < -0.4 is 5.32 Å². The lowest BCUT2D eigenvalue weighted by Gasteiger charge is -2.12. The first-order chi connectivity index (χ1) is 28.1. The largest absolute Gasteiger partial charge is 0.391 e. The highest BCUT2D eigenvalue weighted by molar-refractivity contribution is 5.78. The van der Waals surface area contributed by atoms with Gasteiger partial charge in [-0.05, 0) is 25.7 Å². The van der Waals surface area contributed by atoms with Crippen LogP contribution in [0.4, 0.5) is 0 Å².